The van der Waals surface area contributed by atoms with Crippen molar-refractivity contribution in [2.45, 2.75) is 13.5 Å². The molecule has 29 heavy (non-hydrogen) atoms. The fourth-order valence-corrected chi connectivity index (χ4v) is 3.43. The first-order chi connectivity index (χ1) is 14.3. The second kappa shape index (κ2) is 7.56. The van der Waals surface area contributed by atoms with E-state index in [1.165, 1.54) is 0 Å². The van der Waals surface area contributed by atoms with Crippen LogP contribution < -0.4 is 9.64 Å². The fraction of sp³-hybridized carbons (Fsp3) is 0.286. The van der Waals surface area contributed by atoms with Crippen LogP contribution in [0.15, 0.2) is 48.5 Å². The van der Waals surface area contributed by atoms with Crippen molar-refractivity contribution in [1.82, 2.24) is 24.8 Å². The molecule has 4 heterocycles. The Balaban J connectivity index is 1.53. The first-order valence-corrected chi connectivity index (χ1v) is 9.69. The zero-order valence-corrected chi connectivity index (χ0v) is 16.2. The highest BCUT2D eigenvalue weighted by molar-refractivity contribution is 5.64. The van der Waals surface area contributed by atoms with Gasteiger partial charge in [-0.1, -0.05) is 30.3 Å². The van der Waals surface area contributed by atoms with Crippen molar-refractivity contribution in [3.63, 3.8) is 0 Å². The number of benzene rings is 1. The van der Waals surface area contributed by atoms with Crippen LogP contribution in [-0.2, 0) is 11.3 Å². The van der Waals surface area contributed by atoms with Crippen molar-refractivity contribution in [2.24, 2.45) is 0 Å². The summed E-state index contributed by atoms with van der Waals surface area (Å²) in [5.41, 5.74) is 4.39. The van der Waals surface area contributed by atoms with Gasteiger partial charge in [0.25, 0.3) is 0 Å². The predicted molar refractivity (Wildman–Crippen MR) is 109 cm³/mol. The Morgan fingerprint density at radius 2 is 1.90 bits per heavy atom. The van der Waals surface area contributed by atoms with E-state index in [-0.39, 0.29) is 0 Å². The van der Waals surface area contributed by atoms with Crippen molar-refractivity contribution in [2.75, 3.05) is 31.2 Å². The van der Waals surface area contributed by atoms with E-state index in [1.807, 2.05) is 60.0 Å². The third-order valence-electron chi connectivity index (χ3n) is 4.92. The van der Waals surface area contributed by atoms with Crippen molar-refractivity contribution in [1.29, 1.82) is 0 Å². The molecule has 1 saturated heterocycles. The van der Waals surface area contributed by atoms with Gasteiger partial charge in [0.2, 0.25) is 5.88 Å². The zero-order valence-electron chi connectivity index (χ0n) is 16.2. The number of H-pyrrole nitrogens is 1. The van der Waals surface area contributed by atoms with Crippen LogP contribution >= 0.6 is 0 Å². The molecule has 1 aromatic carbocycles. The van der Waals surface area contributed by atoms with Crippen molar-refractivity contribution in [3.8, 4) is 17.3 Å². The average Bonchev–Trinajstić information content (AvgIpc) is 3.39. The molecule has 0 aliphatic carbocycles. The van der Waals surface area contributed by atoms with Gasteiger partial charge in [0.1, 0.15) is 23.8 Å². The molecule has 3 aromatic heterocycles. The van der Waals surface area contributed by atoms with Gasteiger partial charge < -0.3 is 14.4 Å². The summed E-state index contributed by atoms with van der Waals surface area (Å²) in [5.74, 6) is 1.52. The van der Waals surface area contributed by atoms with Gasteiger partial charge >= 0.3 is 0 Å². The number of morpholine rings is 1. The summed E-state index contributed by atoms with van der Waals surface area (Å²) in [6.07, 6.45) is 0. The summed E-state index contributed by atoms with van der Waals surface area (Å²) in [7, 11) is 0. The number of aryl methyl sites for hydroxylation is 1. The van der Waals surface area contributed by atoms with Crippen LogP contribution in [0.5, 0.6) is 5.88 Å². The van der Waals surface area contributed by atoms with Crippen LogP contribution in [0.2, 0.25) is 0 Å². The molecule has 0 unspecified atom stereocenters. The zero-order chi connectivity index (χ0) is 19.6. The molecular weight excluding hydrogens is 368 g/mol. The van der Waals surface area contributed by atoms with E-state index < -0.39 is 0 Å². The molecule has 0 atom stereocenters. The highest BCUT2D eigenvalue weighted by Gasteiger charge is 2.19. The third kappa shape index (κ3) is 3.66. The number of ether oxygens (including phenoxy) is 2. The number of nitrogens with zero attached hydrogens (tertiary/aromatic N) is 5. The van der Waals surface area contributed by atoms with E-state index in [0.29, 0.717) is 25.7 Å². The third-order valence-corrected chi connectivity index (χ3v) is 4.92. The maximum atomic E-state index is 6.02. The molecule has 8 nitrogen and oxygen atoms in total. The van der Waals surface area contributed by atoms with E-state index in [0.717, 1.165) is 47.2 Å². The molecule has 1 aliphatic rings. The Kier molecular flexibility index (Phi) is 4.61. The fourth-order valence-electron chi connectivity index (χ4n) is 3.43. The minimum atomic E-state index is 0.464. The number of hydrogen-bond donors (Lipinski definition) is 1. The van der Waals surface area contributed by atoms with Crippen LogP contribution in [-0.4, -0.2) is 51.1 Å². The number of rotatable bonds is 5. The molecule has 0 amide bonds. The molecule has 0 radical (unpaired) electrons. The highest BCUT2D eigenvalue weighted by atomic mass is 16.5. The Morgan fingerprint density at radius 1 is 1.07 bits per heavy atom. The summed E-state index contributed by atoms with van der Waals surface area (Å²) >= 11 is 0. The lowest BCUT2D eigenvalue weighted by Crippen LogP contribution is -2.37. The quantitative estimate of drug-likeness (QED) is 0.564. The molecule has 4 aromatic rings. The highest BCUT2D eigenvalue weighted by Crippen LogP contribution is 2.26. The minimum absolute atomic E-state index is 0.464. The smallest absolute Gasteiger partial charge is 0.219 e. The summed E-state index contributed by atoms with van der Waals surface area (Å²) in [4.78, 5) is 6.93. The maximum absolute atomic E-state index is 6.02. The predicted octanol–water partition coefficient (Wildman–Crippen LogP) is 2.84. The number of hydrogen-bond acceptors (Lipinski definition) is 6. The standard InChI is InChI=1S/C21H22N6O2/c1-15-11-17(24-23-15)18-12-19-22-20(29-14-16-5-3-2-4-6-16)13-21(27(19)25-18)26-7-9-28-10-8-26/h2-6,11-13H,7-10,14H2,1H3,(H,23,24). The van der Waals surface area contributed by atoms with Gasteiger partial charge in [0, 0.05) is 30.9 Å². The summed E-state index contributed by atoms with van der Waals surface area (Å²) in [6, 6.07) is 15.9. The molecule has 5 rings (SSSR count). The van der Waals surface area contributed by atoms with Gasteiger partial charge in [0.15, 0.2) is 5.65 Å². The normalized spacial score (nSPS) is 14.4. The number of fused-ring (bicyclic) bond motifs is 1. The average molecular weight is 390 g/mol. The number of aromatic amines is 1. The van der Waals surface area contributed by atoms with E-state index in [4.69, 9.17) is 14.6 Å². The van der Waals surface area contributed by atoms with Crippen LogP contribution in [0.3, 0.4) is 0 Å². The first kappa shape index (κ1) is 17.7. The SMILES string of the molecule is Cc1cc(-c2cc3nc(OCc4ccccc4)cc(N4CCOCC4)n3n2)n[nH]1. The molecule has 148 valence electrons. The van der Waals surface area contributed by atoms with Gasteiger partial charge in [-0.2, -0.15) is 19.7 Å². The molecule has 1 N–H and O–H groups in total. The number of nitrogens with one attached hydrogen (secondary N) is 1. The number of aromatic nitrogens is 5. The number of anilines is 1. The van der Waals surface area contributed by atoms with Crippen molar-refractivity contribution in [3.05, 3.63) is 59.8 Å². The van der Waals surface area contributed by atoms with Gasteiger partial charge in [-0.15, -0.1) is 0 Å². The lowest BCUT2D eigenvalue weighted by molar-refractivity contribution is 0.122. The van der Waals surface area contributed by atoms with E-state index in [2.05, 4.69) is 20.1 Å². The topological polar surface area (TPSA) is 80.6 Å². The Labute approximate surface area is 168 Å². The monoisotopic (exact) mass is 390 g/mol. The van der Waals surface area contributed by atoms with Crippen LogP contribution in [0.1, 0.15) is 11.3 Å². The molecule has 0 saturated carbocycles. The molecular formula is C21H22N6O2. The lowest BCUT2D eigenvalue weighted by atomic mass is 10.2. The largest absolute Gasteiger partial charge is 0.473 e. The van der Waals surface area contributed by atoms with Gasteiger partial charge in [-0.3, -0.25) is 5.10 Å². The minimum Gasteiger partial charge on any atom is -0.473 e. The second-order valence-corrected chi connectivity index (χ2v) is 7.06. The van der Waals surface area contributed by atoms with E-state index in [9.17, 15) is 0 Å². The van der Waals surface area contributed by atoms with E-state index >= 15 is 0 Å². The van der Waals surface area contributed by atoms with Crippen LogP contribution in [0.25, 0.3) is 17.0 Å². The Bertz CT molecular complexity index is 1110. The Hall–Kier alpha value is -3.39. The van der Waals surface area contributed by atoms with Crippen molar-refractivity contribution >= 4 is 11.5 Å². The van der Waals surface area contributed by atoms with Gasteiger partial charge in [-0.25, -0.2) is 0 Å². The van der Waals surface area contributed by atoms with Crippen LogP contribution in [0, 0.1) is 6.92 Å². The summed E-state index contributed by atoms with van der Waals surface area (Å²) in [5, 5.41) is 12.1. The van der Waals surface area contributed by atoms with E-state index in [1.54, 1.807) is 0 Å². The van der Waals surface area contributed by atoms with Gasteiger partial charge in [0.05, 0.1) is 13.2 Å². The molecule has 0 bridgehead atoms. The summed E-state index contributed by atoms with van der Waals surface area (Å²) < 4.78 is 13.4. The second-order valence-electron chi connectivity index (χ2n) is 7.06. The Morgan fingerprint density at radius 3 is 2.66 bits per heavy atom. The molecule has 0 spiro atoms. The lowest BCUT2D eigenvalue weighted by Gasteiger charge is -2.29. The van der Waals surface area contributed by atoms with Gasteiger partial charge in [-0.05, 0) is 18.6 Å². The molecule has 1 fully saturated rings. The maximum Gasteiger partial charge on any atom is 0.219 e. The summed E-state index contributed by atoms with van der Waals surface area (Å²) in [6.45, 7) is 5.42. The van der Waals surface area contributed by atoms with Crippen molar-refractivity contribution < 1.29 is 9.47 Å². The van der Waals surface area contributed by atoms with Crippen LogP contribution in [0.4, 0.5) is 5.82 Å². The first-order valence-electron chi connectivity index (χ1n) is 9.69. The molecule has 1 aliphatic heterocycles. The molecule has 8 heteroatoms.